The molecule has 2 heterocycles. The van der Waals surface area contributed by atoms with Crippen molar-refractivity contribution in [1.82, 2.24) is 0 Å². The van der Waals surface area contributed by atoms with Gasteiger partial charge in [-0.05, 0) is 6.92 Å². The van der Waals surface area contributed by atoms with Gasteiger partial charge in [-0.2, -0.15) is 0 Å². The summed E-state index contributed by atoms with van der Waals surface area (Å²) in [5, 5.41) is 0. The SMILES string of the molecule is CCOC(=O)C1=CN=CC2=NC=N[C@H]12. The Bertz CT molecular complexity index is 380. The van der Waals surface area contributed by atoms with E-state index in [9.17, 15) is 4.79 Å². The van der Waals surface area contributed by atoms with Crippen molar-refractivity contribution in [3.63, 3.8) is 0 Å². The Labute approximate surface area is 80.9 Å². The van der Waals surface area contributed by atoms with Gasteiger partial charge in [0.15, 0.2) is 0 Å². The minimum Gasteiger partial charge on any atom is -0.463 e. The zero-order valence-electron chi connectivity index (χ0n) is 7.67. The summed E-state index contributed by atoms with van der Waals surface area (Å²) in [5.74, 6) is -0.374. The second-order valence-electron chi connectivity index (χ2n) is 2.80. The van der Waals surface area contributed by atoms with Gasteiger partial charge in [-0.1, -0.05) is 0 Å². The van der Waals surface area contributed by atoms with Gasteiger partial charge in [0.25, 0.3) is 0 Å². The van der Waals surface area contributed by atoms with E-state index in [4.69, 9.17) is 4.74 Å². The number of carbonyl (C=O) groups is 1. The largest absolute Gasteiger partial charge is 0.463 e. The second kappa shape index (κ2) is 3.53. The number of rotatable bonds is 2. The van der Waals surface area contributed by atoms with Gasteiger partial charge >= 0.3 is 5.97 Å². The van der Waals surface area contributed by atoms with Crippen LogP contribution in [0, 0.1) is 0 Å². The Morgan fingerprint density at radius 1 is 1.64 bits per heavy atom. The van der Waals surface area contributed by atoms with Gasteiger partial charge in [0.05, 0.1) is 24.1 Å². The Morgan fingerprint density at radius 3 is 3.29 bits per heavy atom. The number of nitrogens with zero attached hydrogens (tertiary/aromatic N) is 3. The van der Waals surface area contributed by atoms with Crippen LogP contribution in [0.4, 0.5) is 0 Å². The van der Waals surface area contributed by atoms with E-state index in [0.717, 1.165) is 0 Å². The molecule has 5 heteroatoms. The average Bonchev–Trinajstić information content (AvgIpc) is 2.65. The van der Waals surface area contributed by atoms with E-state index in [0.29, 0.717) is 17.9 Å². The molecule has 0 spiro atoms. The fourth-order valence-electron chi connectivity index (χ4n) is 1.30. The van der Waals surface area contributed by atoms with Crippen molar-refractivity contribution < 1.29 is 9.53 Å². The molecule has 72 valence electrons. The fourth-order valence-corrected chi connectivity index (χ4v) is 1.30. The number of aliphatic imine (C=N–C) groups is 3. The third kappa shape index (κ3) is 1.37. The lowest BCUT2D eigenvalue weighted by atomic mass is 10.0. The van der Waals surface area contributed by atoms with E-state index in [2.05, 4.69) is 15.0 Å². The highest BCUT2D eigenvalue weighted by molar-refractivity contribution is 6.38. The van der Waals surface area contributed by atoms with Crippen LogP contribution in [0.5, 0.6) is 0 Å². The summed E-state index contributed by atoms with van der Waals surface area (Å²) in [6, 6.07) is -0.313. The summed E-state index contributed by atoms with van der Waals surface area (Å²) in [4.78, 5) is 23.4. The molecule has 0 unspecified atom stereocenters. The molecular formula is C9H9N3O2. The number of carbonyl (C=O) groups excluding carboxylic acids is 1. The first-order chi connectivity index (χ1) is 6.83. The molecule has 0 saturated heterocycles. The van der Waals surface area contributed by atoms with Crippen molar-refractivity contribution in [3.8, 4) is 0 Å². The van der Waals surface area contributed by atoms with E-state index in [1.54, 1.807) is 13.1 Å². The van der Waals surface area contributed by atoms with Crippen molar-refractivity contribution in [1.29, 1.82) is 0 Å². The molecule has 0 aromatic rings. The molecule has 0 amide bonds. The van der Waals surface area contributed by atoms with Crippen molar-refractivity contribution in [2.75, 3.05) is 6.61 Å². The number of fused-ring (bicyclic) bond motifs is 1. The minimum absolute atomic E-state index is 0.313. The van der Waals surface area contributed by atoms with E-state index >= 15 is 0 Å². The van der Waals surface area contributed by atoms with Crippen LogP contribution >= 0.6 is 0 Å². The van der Waals surface area contributed by atoms with Gasteiger partial charge in [-0.3, -0.25) is 9.98 Å². The predicted octanol–water partition coefficient (Wildman–Crippen LogP) is 0.369. The summed E-state index contributed by atoms with van der Waals surface area (Å²) >= 11 is 0. The third-order valence-corrected chi connectivity index (χ3v) is 1.93. The lowest BCUT2D eigenvalue weighted by molar-refractivity contribution is -0.138. The first-order valence-corrected chi connectivity index (χ1v) is 4.32. The second-order valence-corrected chi connectivity index (χ2v) is 2.80. The fraction of sp³-hybridized carbons (Fsp3) is 0.333. The van der Waals surface area contributed by atoms with Gasteiger partial charge in [0, 0.05) is 6.20 Å². The van der Waals surface area contributed by atoms with Crippen LogP contribution in [-0.2, 0) is 9.53 Å². The van der Waals surface area contributed by atoms with Crippen LogP contribution in [0.15, 0.2) is 26.8 Å². The molecule has 5 nitrogen and oxygen atoms in total. The van der Waals surface area contributed by atoms with E-state index < -0.39 is 0 Å². The third-order valence-electron chi connectivity index (χ3n) is 1.93. The van der Waals surface area contributed by atoms with Gasteiger partial charge in [-0.15, -0.1) is 0 Å². The molecule has 0 bridgehead atoms. The highest BCUT2D eigenvalue weighted by Gasteiger charge is 2.29. The van der Waals surface area contributed by atoms with Crippen LogP contribution in [0.1, 0.15) is 6.92 Å². The van der Waals surface area contributed by atoms with Crippen LogP contribution in [0.2, 0.25) is 0 Å². The Kier molecular flexibility index (Phi) is 2.22. The minimum atomic E-state index is -0.374. The standard InChI is InChI=1S/C9H9N3O2/c1-2-14-9(13)6-3-10-4-7-8(6)12-5-11-7/h3-5,8H,2H2,1H3/t8-/m1/s1. The van der Waals surface area contributed by atoms with Crippen molar-refractivity contribution >= 4 is 24.2 Å². The lowest BCUT2D eigenvalue weighted by Crippen LogP contribution is -2.27. The highest BCUT2D eigenvalue weighted by atomic mass is 16.5. The molecule has 0 radical (unpaired) electrons. The topological polar surface area (TPSA) is 63.4 Å². The van der Waals surface area contributed by atoms with Gasteiger partial charge < -0.3 is 4.74 Å². The summed E-state index contributed by atoms with van der Waals surface area (Å²) in [6.45, 7) is 2.11. The van der Waals surface area contributed by atoms with Crippen molar-refractivity contribution in [2.45, 2.75) is 13.0 Å². The molecule has 1 atom stereocenters. The summed E-state index contributed by atoms with van der Waals surface area (Å²) in [6.07, 6.45) is 4.51. The zero-order valence-corrected chi connectivity index (χ0v) is 7.67. The van der Waals surface area contributed by atoms with E-state index in [-0.39, 0.29) is 12.0 Å². The number of hydrogen-bond acceptors (Lipinski definition) is 5. The van der Waals surface area contributed by atoms with E-state index in [1.807, 2.05) is 0 Å². The molecule has 0 N–H and O–H groups in total. The maximum absolute atomic E-state index is 11.4. The van der Waals surface area contributed by atoms with Crippen LogP contribution < -0.4 is 0 Å². The molecule has 2 aliphatic rings. The normalized spacial score (nSPS) is 22.8. The van der Waals surface area contributed by atoms with Crippen molar-refractivity contribution in [3.05, 3.63) is 11.8 Å². The summed E-state index contributed by atoms with van der Waals surface area (Å²) in [7, 11) is 0. The molecule has 0 aromatic heterocycles. The first kappa shape index (κ1) is 8.80. The Hall–Kier alpha value is -1.78. The van der Waals surface area contributed by atoms with Gasteiger partial charge in [0.2, 0.25) is 0 Å². The number of hydrogen-bond donors (Lipinski definition) is 0. The summed E-state index contributed by atoms with van der Waals surface area (Å²) < 4.78 is 4.88. The van der Waals surface area contributed by atoms with Crippen LogP contribution in [-0.4, -0.2) is 36.9 Å². The van der Waals surface area contributed by atoms with Gasteiger partial charge in [0.1, 0.15) is 12.4 Å². The monoisotopic (exact) mass is 191 g/mol. The molecule has 0 aliphatic carbocycles. The smallest absolute Gasteiger partial charge is 0.338 e. The number of esters is 1. The van der Waals surface area contributed by atoms with Crippen LogP contribution in [0.3, 0.4) is 0 Å². The molecular weight excluding hydrogens is 182 g/mol. The molecule has 2 rings (SSSR count). The summed E-state index contributed by atoms with van der Waals surface area (Å²) in [5.41, 5.74) is 1.14. The van der Waals surface area contributed by atoms with Crippen molar-refractivity contribution in [2.24, 2.45) is 15.0 Å². The Balaban J connectivity index is 2.23. The first-order valence-electron chi connectivity index (χ1n) is 4.32. The molecule has 2 aliphatic heterocycles. The molecule has 0 aromatic carbocycles. The van der Waals surface area contributed by atoms with Crippen LogP contribution in [0.25, 0.3) is 0 Å². The molecule has 0 fully saturated rings. The average molecular weight is 191 g/mol. The molecule has 0 saturated carbocycles. The predicted molar refractivity (Wildman–Crippen MR) is 52.9 cm³/mol. The maximum atomic E-state index is 11.4. The number of ether oxygens (including phenoxy) is 1. The zero-order chi connectivity index (χ0) is 9.97. The highest BCUT2D eigenvalue weighted by Crippen LogP contribution is 2.17. The molecule has 14 heavy (non-hydrogen) atoms. The lowest BCUT2D eigenvalue weighted by Gasteiger charge is -2.13. The Morgan fingerprint density at radius 2 is 2.50 bits per heavy atom. The van der Waals surface area contributed by atoms with E-state index in [1.165, 1.54) is 12.5 Å². The van der Waals surface area contributed by atoms with Gasteiger partial charge in [-0.25, -0.2) is 9.79 Å². The quantitative estimate of drug-likeness (QED) is 0.592. The maximum Gasteiger partial charge on any atom is 0.338 e.